The third-order valence-electron chi connectivity index (χ3n) is 2.03. The molecule has 7 heteroatoms. The van der Waals surface area contributed by atoms with Crippen LogP contribution in [0.3, 0.4) is 0 Å². The molecule has 0 radical (unpaired) electrons. The van der Waals surface area contributed by atoms with Crippen molar-refractivity contribution < 1.29 is 23.4 Å². The number of rotatable bonds is 4. The van der Waals surface area contributed by atoms with E-state index in [1.807, 2.05) is 0 Å². The van der Waals surface area contributed by atoms with E-state index in [4.69, 9.17) is 16.1 Å². The molecule has 0 fully saturated rings. The first kappa shape index (κ1) is 12.9. The Kier molecular flexibility index (Phi) is 3.96. The predicted octanol–water partition coefficient (Wildman–Crippen LogP) is 1.32. The number of nitrogens with zero attached hydrogens (tertiary/aromatic N) is 1. The standard InChI is InChI=1S/C10H8F2N2O3/c11-10(12)17-8-2-1-5(9(15)16)6(3-13)7(8)4-14/h1-2,10H,4,14H2,(H,15,16). The number of carboxylic acids is 1. The lowest BCUT2D eigenvalue weighted by Gasteiger charge is -2.12. The number of halogens is 2. The molecule has 1 aromatic rings. The molecule has 0 aliphatic rings. The molecule has 0 saturated carbocycles. The Morgan fingerprint density at radius 2 is 2.24 bits per heavy atom. The van der Waals surface area contributed by atoms with Gasteiger partial charge in [-0.15, -0.1) is 0 Å². The molecule has 1 rings (SSSR count). The van der Waals surface area contributed by atoms with Crippen LogP contribution in [0.25, 0.3) is 0 Å². The van der Waals surface area contributed by atoms with Crippen LogP contribution in [-0.2, 0) is 6.54 Å². The number of nitrogens with two attached hydrogens (primary N) is 1. The van der Waals surface area contributed by atoms with E-state index in [0.29, 0.717) is 0 Å². The number of alkyl halides is 2. The molecule has 5 nitrogen and oxygen atoms in total. The summed E-state index contributed by atoms with van der Waals surface area (Å²) in [6.45, 7) is -3.34. The summed E-state index contributed by atoms with van der Waals surface area (Å²) in [6.07, 6.45) is 0. The molecule has 0 aliphatic heterocycles. The Bertz CT molecular complexity index is 483. The zero-order valence-electron chi connectivity index (χ0n) is 8.48. The van der Waals surface area contributed by atoms with Crippen LogP contribution in [-0.4, -0.2) is 17.7 Å². The van der Waals surface area contributed by atoms with Crippen molar-refractivity contribution in [2.24, 2.45) is 5.73 Å². The molecule has 0 amide bonds. The summed E-state index contributed by atoms with van der Waals surface area (Å²) in [5.41, 5.74) is 4.69. The molecule has 1 aromatic carbocycles. The topological polar surface area (TPSA) is 96.3 Å². The van der Waals surface area contributed by atoms with E-state index < -0.39 is 12.6 Å². The van der Waals surface area contributed by atoms with E-state index >= 15 is 0 Å². The molecule has 17 heavy (non-hydrogen) atoms. The average molecular weight is 242 g/mol. The monoisotopic (exact) mass is 242 g/mol. The second-order valence-electron chi connectivity index (χ2n) is 2.96. The Morgan fingerprint density at radius 1 is 1.59 bits per heavy atom. The second kappa shape index (κ2) is 5.23. The van der Waals surface area contributed by atoms with Crippen molar-refractivity contribution in [2.45, 2.75) is 13.2 Å². The Hall–Kier alpha value is -2.20. The summed E-state index contributed by atoms with van der Waals surface area (Å²) in [6, 6.07) is 3.70. The molecule has 0 heterocycles. The van der Waals surface area contributed by atoms with Crippen LogP contribution < -0.4 is 10.5 Å². The van der Waals surface area contributed by atoms with Gasteiger partial charge in [-0.05, 0) is 12.1 Å². The van der Waals surface area contributed by atoms with Crippen molar-refractivity contribution >= 4 is 5.97 Å². The number of aromatic carboxylic acids is 1. The first-order chi connectivity index (χ1) is 8.01. The van der Waals surface area contributed by atoms with Gasteiger partial charge in [-0.25, -0.2) is 4.79 Å². The van der Waals surface area contributed by atoms with Crippen molar-refractivity contribution in [3.05, 3.63) is 28.8 Å². The van der Waals surface area contributed by atoms with E-state index in [0.717, 1.165) is 12.1 Å². The highest BCUT2D eigenvalue weighted by Gasteiger charge is 2.19. The highest BCUT2D eigenvalue weighted by atomic mass is 19.3. The molecule has 0 atom stereocenters. The predicted molar refractivity (Wildman–Crippen MR) is 52.6 cm³/mol. The number of carbonyl (C=O) groups is 1. The van der Waals surface area contributed by atoms with Gasteiger partial charge in [0.2, 0.25) is 0 Å². The molecular weight excluding hydrogens is 234 g/mol. The molecule has 90 valence electrons. The van der Waals surface area contributed by atoms with Gasteiger partial charge in [0.25, 0.3) is 0 Å². The maximum absolute atomic E-state index is 12.1. The Balaban J connectivity index is 3.39. The largest absolute Gasteiger partial charge is 0.478 e. The number of nitriles is 1. The van der Waals surface area contributed by atoms with Crippen LogP contribution in [0.15, 0.2) is 12.1 Å². The van der Waals surface area contributed by atoms with Crippen LogP contribution in [0.5, 0.6) is 5.75 Å². The first-order valence-electron chi connectivity index (χ1n) is 4.45. The van der Waals surface area contributed by atoms with Crippen molar-refractivity contribution in [3.63, 3.8) is 0 Å². The lowest BCUT2D eigenvalue weighted by atomic mass is 10.0. The minimum absolute atomic E-state index is 0.0484. The summed E-state index contributed by atoms with van der Waals surface area (Å²) in [5, 5.41) is 17.6. The molecule has 3 N–H and O–H groups in total. The molecule has 0 spiro atoms. The minimum Gasteiger partial charge on any atom is -0.478 e. The van der Waals surface area contributed by atoms with Crippen LogP contribution in [0.1, 0.15) is 21.5 Å². The van der Waals surface area contributed by atoms with E-state index in [1.54, 1.807) is 6.07 Å². The van der Waals surface area contributed by atoms with Gasteiger partial charge >= 0.3 is 12.6 Å². The fourth-order valence-corrected chi connectivity index (χ4v) is 1.34. The van der Waals surface area contributed by atoms with E-state index in [2.05, 4.69) is 4.74 Å². The molecule has 0 bridgehead atoms. The second-order valence-corrected chi connectivity index (χ2v) is 2.96. The van der Waals surface area contributed by atoms with Crippen molar-refractivity contribution in [3.8, 4) is 11.8 Å². The maximum atomic E-state index is 12.1. The number of ether oxygens (including phenoxy) is 1. The number of hydrogen-bond acceptors (Lipinski definition) is 4. The molecule has 0 aromatic heterocycles. The van der Waals surface area contributed by atoms with Gasteiger partial charge < -0.3 is 15.6 Å². The fraction of sp³-hybridized carbons (Fsp3) is 0.200. The van der Waals surface area contributed by atoms with Gasteiger partial charge in [0.1, 0.15) is 11.8 Å². The summed E-state index contributed by atoms with van der Waals surface area (Å²) in [5.74, 6) is -1.62. The van der Waals surface area contributed by atoms with Gasteiger partial charge in [-0.1, -0.05) is 0 Å². The lowest BCUT2D eigenvalue weighted by molar-refractivity contribution is -0.0504. The Morgan fingerprint density at radius 3 is 2.65 bits per heavy atom. The van der Waals surface area contributed by atoms with Gasteiger partial charge in [-0.3, -0.25) is 0 Å². The summed E-state index contributed by atoms with van der Waals surface area (Å²) in [7, 11) is 0. The summed E-state index contributed by atoms with van der Waals surface area (Å²) >= 11 is 0. The van der Waals surface area contributed by atoms with Crippen molar-refractivity contribution in [1.82, 2.24) is 0 Å². The zero-order valence-corrected chi connectivity index (χ0v) is 8.48. The Labute approximate surface area is 95.0 Å². The van der Waals surface area contributed by atoms with Gasteiger partial charge in [0.15, 0.2) is 0 Å². The van der Waals surface area contributed by atoms with E-state index in [-0.39, 0.29) is 29.0 Å². The third-order valence-corrected chi connectivity index (χ3v) is 2.03. The van der Waals surface area contributed by atoms with Crippen LogP contribution in [0, 0.1) is 11.3 Å². The van der Waals surface area contributed by atoms with Crippen molar-refractivity contribution in [1.29, 1.82) is 5.26 Å². The van der Waals surface area contributed by atoms with E-state index in [1.165, 1.54) is 0 Å². The molecule has 0 aliphatic carbocycles. The molecule has 0 saturated heterocycles. The normalized spacial score (nSPS) is 10.1. The number of hydrogen-bond donors (Lipinski definition) is 2. The molecular formula is C10H8F2N2O3. The third kappa shape index (κ3) is 2.68. The highest BCUT2D eigenvalue weighted by Crippen LogP contribution is 2.26. The summed E-state index contributed by atoms with van der Waals surface area (Å²) < 4.78 is 28.3. The minimum atomic E-state index is -3.07. The van der Waals surface area contributed by atoms with Gasteiger partial charge in [0, 0.05) is 12.1 Å². The quantitative estimate of drug-likeness (QED) is 0.829. The number of carboxylic acid groups (broad SMARTS) is 1. The maximum Gasteiger partial charge on any atom is 0.387 e. The smallest absolute Gasteiger partial charge is 0.387 e. The van der Waals surface area contributed by atoms with E-state index in [9.17, 15) is 13.6 Å². The zero-order chi connectivity index (χ0) is 13.0. The average Bonchev–Trinajstić information content (AvgIpc) is 2.26. The lowest BCUT2D eigenvalue weighted by Crippen LogP contribution is -2.11. The molecule has 0 unspecified atom stereocenters. The van der Waals surface area contributed by atoms with Crippen LogP contribution in [0.4, 0.5) is 8.78 Å². The van der Waals surface area contributed by atoms with Crippen LogP contribution in [0.2, 0.25) is 0 Å². The van der Waals surface area contributed by atoms with Crippen LogP contribution >= 0.6 is 0 Å². The number of benzene rings is 1. The summed E-state index contributed by atoms with van der Waals surface area (Å²) in [4.78, 5) is 10.8. The van der Waals surface area contributed by atoms with Gasteiger partial charge in [-0.2, -0.15) is 14.0 Å². The first-order valence-corrected chi connectivity index (χ1v) is 4.45. The fourth-order valence-electron chi connectivity index (χ4n) is 1.34. The highest BCUT2D eigenvalue weighted by molar-refractivity contribution is 5.91. The SMILES string of the molecule is N#Cc1c(C(=O)O)ccc(OC(F)F)c1CN. The van der Waals surface area contributed by atoms with Crippen molar-refractivity contribution in [2.75, 3.05) is 0 Å². The van der Waals surface area contributed by atoms with Gasteiger partial charge in [0.05, 0.1) is 11.1 Å².